The maximum absolute atomic E-state index is 12.4. The maximum Gasteiger partial charge on any atom is 0.176 e. The number of rotatable bonds is 5. The van der Waals surface area contributed by atoms with Gasteiger partial charge in [-0.05, 0) is 49.5 Å². The Morgan fingerprint density at radius 3 is 2.36 bits per heavy atom. The Kier molecular flexibility index (Phi) is 5.97. The van der Waals surface area contributed by atoms with Crippen molar-refractivity contribution in [2.24, 2.45) is 0 Å². The van der Waals surface area contributed by atoms with Crippen LogP contribution in [0.5, 0.6) is 11.5 Å². The lowest BCUT2D eigenvalue weighted by Crippen LogP contribution is -2.46. The van der Waals surface area contributed by atoms with Crippen molar-refractivity contribution in [1.82, 2.24) is 9.80 Å². The summed E-state index contributed by atoms with van der Waals surface area (Å²) in [4.78, 5) is 16.9. The summed E-state index contributed by atoms with van der Waals surface area (Å²) in [6.07, 6.45) is 0. The van der Waals surface area contributed by atoms with E-state index in [0.29, 0.717) is 33.7 Å². The molecule has 0 unspecified atom stereocenters. The Bertz CT molecular complexity index is 742. The van der Waals surface area contributed by atoms with Gasteiger partial charge in [0.2, 0.25) is 0 Å². The molecule has 25 heavy (non-hydrogen) atoms. The molecule has 0 aromatic heterocycles. The van der Waals surface area contributed by atoms with Crippen molar-refractivity contribution >= 4 is 29.0 Å². The Hall–Kier alpha value is -1.59. The van der Waals surface area contributed by atoms with Gasteiger partial charge in [0.15, 0.2) is 5.78 Å². The maximum atomic E-state index is 12.4. The number of ether oxygens (including phenoxy) is 1. The van der Waals surface area contributed by atoms with E-state index < -0.39 is 0 Å². The van der Waals surface area contributed by atoms with E-state index in [2.05, 4.69) is 16.8 Å². The lowest BCUT2D eigenvalue weighted by molar-refractivity contribution is 0.0876. The molecule has 0 aliphatic carbocycles. The summed E-state index contributed by atoms with van der Waals surface area (Å²) in [7, 11) is 2.10. The molecule has 1 heterocycles. The third kappa shape index (κ3) is 4.95. The molecule has 0 spiro atoms. The molecule has 6 heteroatoms. The second-order valence-corrected chi connectivity index (χ2v) is 7.05. The molecule has 132 valence electrons. The van der Waals surface area contributed by atoms with Gasteiger partial charge in [-0.2, -0.15) is 0 Å². The number of piperazine rings is 1. The minimum absolute atomic E-state index is 0.126. The van der Waals surface area contributed by atoms with Crippen molar-refractivity contribution in [2.75, 3.05) is 39.8 Å². The van der Waals surface area contributed by atoms with Crippen LogP contribution in [0.2, 0.25) is 10.0 Å². The highest BCUT2D eigenvalue weighted by atomic mass is 35.5. The average Bonchev–Trinajstić information content (AvgIpc) is 2.60. The Balaban J connectivity index is 1.60. The van der Waals surface area contributed by atoms with E-state index in [1.807, 2.05) is 0 Å². The van der Waals surface area contributed by atoms with Gasteiger partial charge in [-0.25, -0.2) is 0 Å². The fraction of sp³-hybridized carbons (Fsp3) is 0.316. The molecular weight excluding hydrogens is 359 g/mol. The van der Waals surface area contributed by atoms with Crippen LogP contribution in [0.15, 0.2) is 42.5 Å². The number of hydrogen-bond donors (Lipinski definition) is 0. The van der Waals surface area contributed by atoms with Gasteiger partial charge >= 0.3 is 0 Å². The molecule has 0 atom stereocenters. The van der Waals surface area contributed by atoms with E-state index >= 15 is 0 Å². The molecule has 0 radical (unpaired) electrons. The van der Waals surface area contributed by atoms with Crippen molar-refractivity contribution in [1.29, 1.82) is 0 Å². The molecule has 1 fully saturated rings. The number of carbonyl (C=O) groups is 1. The van der Waals surface area contributed by atoms with Crippen LogP contribution in [0.1, 0.15) is 10.4 Å². The molecule has 1 saturated heterocycles. The monoisotopic (exact) mass is 378 g/mol. The zero-order chi connectivity index (χ0) is 17.8. The third-order valence-electron chi connectivity index (χ3n) is 4.26. The van der Waals surface area contributed by atoms with Crippen molar-refractivity contribution < 1.29 is 9.53 Å². The topological polar surface area (TPSA) is 32.8 Å². The average molecular weight is 379 g/mol. The first-order chi connectivity index (χ1) is 12.0. The van der Waals surface area contributed by atoms with Gasteiger partial charge in [-0.3, -0.25) is 9.69 Å². The van der Waals surface area contributed by atoms with Gasteiger partial charge in [0, 0.05) is 36.8 Å². The first-order valence-corrected chi connectivity index (χ1v) is 8.94. The van der Waals surface area contributed by atoms with Gasteiger partial charge in [-0.1, -0.05) is 23.2 Å². The summed E-state index contributed by atoms with van der Waals surface area (Å²) < 4.78 is 5.74. The smallest absolute Gasteiger partial charge is 0.176 e. The molecule has 0 bridgehead atoms. The molecule has 1 aliphatic rings. The van der Waals surface area contributed by atoms with Crippen molar-refractivity contribution in [3.8, 4) is 11.5 Å². The summed E-state index contributed by atoms with van der Waals surface area (Å²) >= 11 is 12.0. The normalized spacial score (nSPS) is 16.0. The third-order valence-corrected chi connectivity index (χ3v) is 4.79. The number of ketones is 1. The Morgan fingerprint density at radius 2 is 1.72 bits per heavy atom. The highest BCUT2D eigenvalue weighted by molar-refractivity contribution is 6.35. The van der Waals surface area contributed by atoms with E-state index in [-0.39, 0.29) is 5.78 Å². The van der Waals surface area contributed by atoms with E-state index in [9.17, 15) is 4.79 Å². The zero-order valence-corrected chi connectivity index (χ0v) is 15.6. The standard InChI is InChI=1S/C19H20Cl2N2O2/c1-22-8-10-23(11-9-22)13-18(24)14-2-5-16(6-3-14)25-19-7-4-15(20)12-17(19)21/h2-7,12H,8-11,13H2,1H3. The lowest BCUT2D eigenvalue weighted by Gasteiger charge is -2.31. The molecule has 2 aromatic carbocycles. The first kappa shape index (κ1) is 18.2. The quantitative estimate of drug-likeness (QED) is 0.729. The minimum atomic E-state index is 0.126. The van der Waals surface area contributed by atoms with Gasteiger partial charge < -0.3 is 9.64 Å². The number of halogens is 2. The molecule has 3 rings (SSSR count). The highest BCUT2D eigenvalue weighted by Crippen LogP contribution is 2.31. The Labute approximate surface area is 157 Å². The van der Waals surface area contributed by atoms with Crippen LogP contribution in [-0.2, 0) is 0 Å². The van der Waals surface area contributed by atoms with Gasteiger partial charge in [0.25, 0.3) is 0 Å². The molecular formula is C19H20Cl2N2O2. The Morgan fingerprint density at radius 1 is 1.04 bits per heavy atom. The van der Waals surface area contributed by atoms with Crippen LogP contribution in [0.3, 0.4) is 0 Å². The first-order valence-electron chi connectivity index (χ1n) is 8.18. The number of hydrogen-bond acceptors (Lipinski definition) is 4. The molecule has 0 amide bonds. The SMILES string of the molecule is CN1CCN(CC(=O)c2ccc(Oc3ccc(Cl)cc3Cl)cc2)CC1. The molecule has 1 aliphatic heterocycles. The summed E-state index contributed by atoms with van der Waals surface area (Å²) in [6.45, 7) is 4.32. The van der Waals surface area contributed by atoms with Crippen LogP contribution >= 0.6 is 23.2 Å². The van der Waals surface area contributed by atoms with Crippen LogP contribution < -0.4 is 4.74 Å². The van der Waals surface area contributed by atoms with Crippen molar-refractivity contribution in [3.63, 3.8) is 0 Å². The van der Waals surface area contributed by atoms with E-state index in [4.69, 9.17) is 27.9 Å². The van der Waals surface area contributed by atoms with E-state index in [0.717, 1.165) is 26.2 Å². The van der Waals surface area contributed by atoms with Crippen molar-refractivity contribution in [3.05, 3.63) is 58.1 Å². The van der Waals surface area contributed by atoms with Crippen LogP contribution in [-0.4, -0.2) is 55.4 Å². The van der Waals surface area contributed by atoms with Gasteiger partial charge in [0.1, 0.15) is 11.5 Å². The molecule has 0 N–H and O–H groups in total. The zero-order valence-electron chi connectivity index (χ0n) is 14.0. The summed E-state index contributed by atoms with van der Waals surface area (Å²) in [5, 5.41) is 1.00. The second-order valence-electron chi connectivity index (χ2n) is 6.20. The van der Waals surface area contributed by atoms with Gasteiger partial charge in [-0.15, -0.1) is 0 Å². The number of likely N-dealkylation sites (N-methyl/N-ethyl adjacent to an activating group) is 1. The fourth-order valence-electron chi connectivity index (χ4n) is 2.69. The van der Waals surface area contributed by atoms with Crippen LogP contribution in [0.4, 0.5) is 0 Å². The highest BCUT2D eigenvalue weighted by Gasteiger charge is 2.17. The largest absolute Gasteiger partial charge is 0.456 e. The number of benzene rings is 2. The molecule has 0 saturated carbocycles. The summed E-state index contributed by atoms with van der Waals surface area (Å²) in [5.74, 6) is 1.28. The van der Waals surface area contributed by atoms with Gasteiger partial charge in [0.05, 0.1) is 11.6 Å². The number of Topliss-reactive ketones (excluding diaryl/α,β-unsaturated/α-hetero) is 1. The predicted molar refractivity (Wildman–Crippen MR) is 101 cm³/mol. The second kappa shape index (κ2) is 8.19. The number of carbonyl (C=O) groups excluding carboxylic acids is 1. The van der Waals surface area contributed by atoms with E-state index in [1.54, 1.807) is 42.5 Å². The van der Waals surface area contributed by atoms with E-state index in [1.165, 1.54) is 0 Å². The summed E-state index contributed by atoms with van der Waals surface area (Å²) in [5.41, 5.74) is 0.688. The van der Waals surface area contributed by atoms with Crippen LogP contribution in [0, 0.1) is 0 Å². The fourth-order valence-corrected chi connectivity index (χ4v) is 3.14. The molecule has 4 nitrogen and oxygen atoms in total. The predicted octanol–water partition coefficient (Wildman–Crippen LogP) is 4.22. The number of nitrogens with zero attached hydrogens (tertiary/aromatic N) is 2. The van der Waals surface area contributed by atoms with Crippen LogP contribution in [0.25, 0.3) is 0 Å². The van der Waals surface area contributed by atoms with Crippen molar-refractivity contribution in [2.45, 2.75) is 0 Å². The minimum Gasteiger partial charge on any atom is -0.456 e. The summed E-state index contributed by atoms with van der Waals surface area (Å²) in [6, 6.07) is 12.2. The molecule has 2 aromatic rings. The lowest BCUT2D eigenvalue weighted by atomic mass is 10.1.